The van der Waals surface area contributed by atoms with Crippen LogP contribution < -0.4 is 14.4 Å². The van der Waals surface area contributed by atoms with Gasteiger partial charge in [-0.05, 0) is 42.8 Å². The number of aromatic nitrogens is 2. The van der Waals surface area contributed by atoms with Gasteiger partial charge in [-0.2, -0.15) is 8.42 Å². The van der Waals surface area contributed by atoms with Gasteiger partial charge in [0.15, 0.2) is 0 Å². The molecule has 0 spiro atoms. The predicted molar refractivity (Wildman–Crippen MR) is 108 cm³/mol. The highest BCUT2D eigenvalue weighted by Crippen LogP contribution is 2.28. The molecule has 1 heterocycles. The summed E-state index contributed by atoms with van der Waals surface area (Å²) in [6.07, 6.45) is 0. The molecule has 0 radical (unpaired) electrons. The van der Waals surface area contributed by atoms with Crippen molar-refractivity contribution >= 4 is 38.1 Å². The number of benzene rings is 2. The zero-order valence-electron chi connectivity index (χ0n) is 15.4. The van der Waals surface area contributed by atoms with Gasteiger partial charge in [0.1, 0.15) is 5.75 Å². The molecule has 0 saturated heterocycles. The molecule has 146 valence electrons. The van der Waals surface area contributed by atoms with Crippen molar-refractivity contribution in [1.82, 2.24) is 10.2 Å². The number of ether oxygens (including phenoxy) is 1. The molecule has 3 rings (SSSR count). The second-order valence-corrected chi connectivity index (χ2v) is 8.94. The van der Waals surface area contributed by atoms with Gasteiger partial charge in [0.05, 0.1) is 12.8 Å². The molecule has 0 fully saturated rings. The van der Waals surface area contributed by atoms with Crippen LogP contribution in [0.5, 0.6) is 5.75 Å². The highest BCUT2D eigenvalue weighted by atomic mass is 32.2. The van der Waals surface area contributed by atoms with Gasteiger partial charge in [0.2, 0.25) is 5.13 Å². The number of hydrogen-bond donors (Lipinski definition) is 1. The fourth-order valence-electron chi connectivity index (χ4n) is 2.44. The lowest BCUT2D eigenvalue weighted by molar-refractivity contribution is 0.102. The molecule has 1 amide bonds. The summed E-state index contributed by atoms with van der Waals surface area (Å²) in [4.78, 5) is 12.3. The number of para-hydroxylation sites is 1. The Bertz CT molecular complexity index is 1090. The van der Waals surface area contributed by atoms with Crippen LogP contribution >= 0.6 is 11.3 Å². The van der Waals surface area contributed by atoms with Crippen molar-refractivity contribution in [3.8, 4) is 5.75 Å². The normalized spacial score (nSPS) is 11.1. The van der Waals surface area contributed by atoms with Gasteiger partial charge in [0, 0.05) is 12.6 Å². The highest BCUT2D eigenvalue weighted by molar-refractivity contribution is 7.94. The number of nitrogens with zero attached hydrogens (tertiary/aromatic N) is 3. The third kappa shape index (κ3) is 3.97. The first-order valence-electron chi connectivity index (χ1n) is 8.16. The third-order valence-corrected chi connectivity index (χ3v) is 6.97. The van der Waals surface area contributed by atoms with Crippen LogP contribution in [0, 0.1) is 6.92 Å². The van der Waals surface area contributed by atoms with Gasteiger partial charge >= 0.3 is 0 Å². The van der Waals surface area contributed by atoms with Crippen molar-refractivity contribution in [2.45, 2.75) is 11.3 Å². The maximum Gasteiger partial charge on any atom is 0.293 e. The SMILES string of the molecule is COc1ccc(C(=O)Nc2nnc(S(=O)(=O)N(C)c3ccccc3C)s2)cc1. The number of sulfonamides is 1. The monoisotopic (exact) mass is 418 g/mol. The zero-order chi connectivity index (χ0) is 20.3. The topological polar surface area (TPSA) is 101 Å². The van der Waals surface area contributed by atoms with Crippen LogP contribution in [0.1, 0.15) is 15.9 Å². The van der Waals surface area contributed by atoms with Gasteiger partial charge in [0.25, 0.3) is 20.3 Å². The molecule has 0 aliphatic carbocycles. The predicted octanol–water partition coefficient (Wildman–Crippen LogP) is 2.93. The van der Waals surface area contributed by atoms with Gasteiger partial charge in [-0.15, -0.1) is 10.2 Å². The number of hydrogen-bond acceptors (Lipinski definition) is 7. The number of anilines is 2. The average Bonchev–Trinajstić information content (AvgIpc) is 3.17. The Balaban J connectivity index is 1.79. The number of aryl methyl sites for hydroxylation is 1. The number of rotatable bonds is 6. The first-order valence-corrected chi connectivity index (χ1v) is 10.4. The summed E-state index contributed by atoms with van der Waals surface area (Å²) in [7, 11) is -0.906. The van der Waals surface area contributed by atoms with Crippen LogP contribution in [0.25, 0.3) is 0 Å². The number of amides is 1. The van der Waals surface area contributed by atoms with Gasteiger partial charge in [-0.1, -0.05) is 29.5 Å². The van der Waals surface area contributed by atoms with Crippen LogP contribution in [0.3, 0.4) is 0 Å². The molecule has 2 aromatic carbocycles. The molecule has 8 nitrogen and oxygen atoms in total. The van der Waals surface area contributed by atoms with E-state index < -0.39 is 15.9 Å². The second-order valence-electron chi connectivity index (χ2n) is 5.81. The van der Waals surface area contributed by atoms with Crippen molar-refractivity contribution in [3.63, 3.8) is 0 Å². The van der Waals surface area contributed by atoms with Gasteiger partial charge in [-0.25, -0.2) is 0 Å². The summed E-state index contributed by atoms with van der Waals surface area (Å²) in [5, 5.41) is 10.2. The van der Waals surface area contributed by atoms with E-state index in [1.807, 2.05) is 19.1 Å². The summed E-state index contributed by atoms with van der Waals surface area (Å²) in [6, 6.07) is 13.6. The Hall–Kier alpha value is -2.98. The summed E-state index contributed by atoms with van der Waals surface area (Å²) in [5.41, 5.74) is 1.74. The molecule has 28 heavy (non-hydrogen) atoms. The molecule has 0 aliphatic heterocycles. The third-order valence-electron chi connectivity index (χ3n) is 4.02. The van der Waals surface area contributed by atoms with Crippen molar-refractivity contribution in [2.24, 2.45) is 0 Å². The van der Waals surface area contributed by atoms with Crippen LogP contribution in [0.4, 0.5) is 10.8 Å². The minimum Gasteiger partial charge on any atom is -0.497 e. The maximum atomic E-state index is 12.8. The van der Waals surface area contributed by atoms with E-state index in [0.29, 0.717) is 17.0 Å². The van der Waals surface area contributed by atoms with E-state index in [-0.39, 0.29) is 9.47 Å². The number of methoxy groups -OCH3 is 1. The van der Waals surface area contributed by atoms with Crippen molar-refractivity contribution < 1.29 is 17.9 Å². The molecule has 0 aliphatic rings. The van der Waals surface area contributed by atoms with Crippen LogP contribution in [-0.4, -0.2) is 38.7 Å². The molecule has 3 aromatic rings. The second kappa shape index (κ2) is 7.95. The fraction of sp³-hybridized carbons (Fsp3) is 0.167. The molecule has 0 atom stereocenters. The van der Waals surface area contributed by atoms with Crippen molar-refractivity contribution in [1.29, 1.82) is 0 Å². The zero-order valence-corrected chi connectivity index (χ0v) is 17.0. The first-order chi connectivity index (χ1) is 13.3. The van der Waals surface area contributed by atoms with Crippen LogP contribution in [0.15, 0.2) is 52.9 Å². The number of nitrogens with one attached hydrogen (secondary N) is 1. The fourth-order valence-corrected chi connectivity index (χ4v) is 4.75. The van der Waals surface area contributed by atoms with E-state index in [1.54, 1.807) is 36.4 Å². The molecule has 0 unspecified atom stereocenters. The quantitative estimate of drug-likeness (QED) is 0.618. The van der Waals surface area contributed by atoms with E-state index in [0.717, 1.165) is 21.2 Å². The van der Waals surface area contributed by atoms with Gasteiger partial charge < -0.3 is 4.74 Å². The molecule has 0 saturated carbocycles. The summed E-state index contributed by atoms with van der Waals surface area (Å²) in [5.74, 6) is 0.204. The van der Waals surface area contributed by atoms with Crippen molar-refractivity contribution in [3.05, 3.63) is 59.7 Å². The highest BCUT2D eigenvalue weighted by Gasteiger charge is 2.27. The minimum absolute atomic E-state index is 0.0950. The molecule has 1 N–H and O–H groups in total. The summed E-state index contributed by atoms with van der Waals surface area (Å²) < 4.78 is 31.7. The lowest BCUT2D eigenvalue weighted by atomic mass is 10.2. The molecular weight excluding hydrogens is 400 g/mol. The van der Waals surface area contributed by atoms with E-state index in [1.165, 1.54) is 14.2 Å². The number of carbonyl (C=O) groups excluding carboxylic acids is 1. The lowest BCUT2D eigenvalue weighted by Gasteiger charge is -2.19. The smallest absolute Gasteiger partial charge is 0.293 e. The van der Waals surface area contributed by atoms with E-state index in [9.17, 15) is 13.2 Å². The standard InChI is InChI=1S/C18H18N4O4S2/c1-12-6-4-5-7-15(12)22(2)28(24,25)18-21-20-17(27-18)19-16(23)13-8-10-14(26-3)11-9-13/h4-11H,1-3H3,(H,19,20,23). The Morgan fingerprint density at radius 1 is 1.11 bits per heavy atom. The summed E-state index contributed by atoms with van der Waals surface area (Å²) in [6.45, 7) is 1.82. The lowest BCUT2D eigenvalue weighted by Crippen LogP contribution is -2.27. The molecule has 0 bridgehead atoms. The Labute approximate surface area is 166 Å². The Kier molecular flexibility index (Phi) is 5.61. The average molecular weight is 419 g/mol. The molecular formula is C18H18N4O4S2. The van der Waals surface area contributed by atoms with E-state index in [2.05, 4.69) is 15.5 Å². The van der Waals surface area contributed by atoms with Crippen LogP contribution in [-0.2, 0) is 10.0 Å². The largest absolute Gasteiger partial charge is 0.497 e. The van der Waals surface area contributed by atoms with Crippen molar-refractivity contribution in [2.75, 3.05) is 23.8 Å². The summed E-state index contributed by atoms with van der Waals surface area (Å²) >= 11 is 0.791. The van der Waals surface area contributed by atoms with E-state index in [4.69, 9.17) is 4.74 Å². The number of carbonyl (C=O) groups is 1. The first kappa shape index (κ1) is 19.8. The minimum atomic E-state index is -3.89. The molecule has 10 heteroatoms. The maximum absolute atomic E-state index is 12.8. The van der Waals surface area contributed by atoms with Gasteiger partial charge in [-0.3, -0.25) is 14.4 Å². The molecule has 1 aromatic heterocycles. The van der Waals surface area contributed by atoms with E-state index >= 15 is 0 Å². The Morgan fingerprint density at radius 2 is 1.79 bits per heavy atom. The Morgan fingerprint density at radius 3 is 2.43 bits per heavy atom. The van der Waals surface area contributed by atoms with Crippen LogP contribution in [0.2, 0.25) is 0 Å².